The Morgan fingerprint density at radius 3 is 2.49 bits per heavy atom. The van der Waals surface area contributed by atoms with E-state index in [1.54, 1.807) is 36.4 Å². The van der Waals surface area contributed by atoms with Crippen molar-refractivity contribution in [3.8, 4) is 5.75 Å². The van der Waals surface area contributed by atoms with Crippen LogP contribution >= 0.6 is 11.6 Å². The second kappa shape index (κ2) is 12.3. The molecule has 3 aromatic rings. The predicted octanol–water partition coefficient (Wildman–Crippen LogP) is 3.74. The molecule has 0 spiro atoms. The molecule has 9 heteroatoms. The van der Waals surface area contributed by atoms with E-state index in [0.29, 0.717) is 22.0 Å². The van der Waals surface area contributed by atoms with Crippen molar-refractivity contribution in [2.24, 2.45) is 5.10 Å². The van der Waals surface area contributed by atoms with Crippen molar-refractivity contribution in [1.82, 2.24) is 10.7 Å². The second-order valence-corrected chi connectivity index (χ2v) is 8.14. The van der Waals surface area contributed by atoms with Crippen LogP contribution in [0.5, 0.6) is 5.75 Å². The first-order chi connectivity index (χ1) is 16.8. The van der Waals surface area contributed by atoms with Gasteiger partial charge >= 0.3 is 11.8 Å². The zero-order valence-electron chi connectivity index (χ0n) is 19.3. The lowest BCUT2D eigenvalue weighted by Crippen LogP contribution is -2.37. The Morgan fingerprint density at radius 2 is 1.71 bits per heavy atom. The van der Waals surface area contributed by atoms with Crippen LogP contribution in [-0.2, 0) is 20.9 Å². The molecule has 0 aliphatic carbocycles. The fourth-order valence-corrected chi connectivity index (χ4v) is 3.13. The molecule has 3 rings (SSSR count). The molecule has 180 valence electrons. The lowest BCUT2D eigenvalue weighted by atomic mass is 10.1. The van der Waals surface area contributed by atoms with Crippen molar-refractivity contribution in [3.05, 3.63) is 94.0 Å². The summed E-state index contributed by atoms with van der Waals surface area (Å²) >= 11 is 5.98. The van der Waals surface area contributed by atoms with Crippen LogP contribution in [0.15, 0.2) is 71.8 Å². The fourth-order valence-electron chi connectivity index (χ4n) is 2.96. The number of benzene rings is 3. The highest BCUT2D eigenvalue weighted by Gasteiger charge is 2.12. The smallest absolute Gasteiger partial charge is 0.329 e. The highest BCUT2D eigenvalue weighted by Crippen LogP contribution is 2.20. The first kappa shape index (κ1) is 25.5. The zero-order chi connectivity index (χ0) is 25.2. The number of aryl methyl sites for hydroxylation is 2. The first-order valence-corrected chi connectivity index (χ1v) is 11.1. The fraction of sp³-hybridized carbons (Fsp3) is 0.154. The monoisotopic (exact) mass is 492 g/mol. The van der Waals surface area contributed by atoms with Crippen LogP contribution in [0.25, 0.3) is 0 Å². The number of carbonyl (C=O) groups is 3. The number of nitrogens with one attached hydrogen (secondary N) is 3. The average molecular weight is 493 g/mol. The summed E-state index contributed by atoms with van der Waals surface area (Å²) in [5.74, 6) is -1.68. The van der Waals surface area contributed by atoms with E-state index in [1.807, 2.05) is 44.2 Å². The lowest BCUT2D eigenvalue weighted by Gasteiger charge is -2.11. The van der Waals surface area contributed by atoms with Crippen LogP contribution in [0.4, 0.5) is 5.69 Å². The third kappa shape index (κ3) is 7.97. The van der Waals surface area contributed by atoms with Gasteiger partial charge in [-0.2, -0.15) is 5.10 Å². The number of ether oxygens (including phenoxy) is 1. The Hall–Kier alpha value is -4.17. The quantitative estimate of drug-likeness (QED) is 0.253. The lowest BCUT2D eigenvalue weighted by molar-refractivity contribution is -0.139. The van der Waals surface area contributed by atoms with Gasteiger partial charge in [0.25, 0.3) is 5.91 Å². The number of amides is 3. The number of hydrazone groups is 1. The molecule has 3 amide bonds. The summed E-state index contributed by atoms with van der Waals surface area (Å²) in [6.45, 7) is 3.80. The van der Waals surface area contributed by atoms with E-state index in [1.165, 1.54) is 6.21 Å². The normalized spacial score (nSPS) is 10.6. The molecule has 0 aliphatic rings. The molecule has 3 N–H and O–H groups in total. The van der Waals surface area contributed by atoms with Crippen molar-refractivity contribution in [1.29, 1.82) is 0 Å². The predicted molar refractivity (Wildman–Crippen MR) is 136 cm³/mol. The Morgan fingerprint density at radius 1 is 0.971 bits per heavy atom. The second-order valence-electron chi connectivity index (χ2n) is 7.70. The van der Waals surface area contributed by atoms with Crippen LogP contribution in [0.3, 0.4) is 0 Å². The molecule has 3 aromatic carbocycles. The minimum Gasteiger partial charge on any atom is -0.483 e. The van der Waals surface area contributed by atoms with Gasteiger partial charge in [0.2, 0.25) is 0 Å². The van der Waals surface area contributed by atoms with Crippen LogP contribution in [0.1, 0.15) is 22.3 Å². The third-order valence-electron chi connectivity index (χ3n) is 4.90. The molecule has 35 heavy (non-hydrogen) atoms. The first-order valence-electron chi connectivity index (χ1n) is 10.8. The van der Waals surface area contributed by atoms with Gasteiger partial charge in [-0.15, -0.1) is 0 Å². The SMILES string of the molecule is Cc1ccc(CNC(=O)C(=O)N/N=C\c2ccccc2OCC(=O)Nc2cc(Cl)ccc2C)cc1. The van der Waals surface area contributed by atoms with Gasteiger partial charge in [-0.3, -0.25) is 14.4 Å². The molecule has 0 fully saturated rings. The summed E-state index contributed by atoms with van der Waals surface area (Å²) < 4.78 is 5.61. The molecule has 0 saturated heterocycles. The van der Waals surface area contributed by atoms with E-state index in [0.717, 1.165) is 16.7 Å². The maximum absolute atomic E-state index is 12.3. The maximum Gasteiger partial charge on any atom is 0.329 e. The number of halogens is 1. The molecule has 0 aromatic heterocycles. The van der Waals surface area contributed by atoms with Crippen molar-refractivity contribution in [3.63, 3.8) is 0 Å². The summed E-state index contributed by atoms with van der Waals surface area (Å²) in [5.41, 5.74) is 6.15. The summed E-state index contributed by atoms with van der Waals surface area (Å²) in [6.07, 6.45) is 1.33. The third-order valence-corrected chi connectivity index (χ3v) is 5.14. The Balaban J connectivity index is 1.50. The summed E-state index contributed by atoms with van der Waals surface area (Å²) in [6, 6.07) is 19.7. The number of para-hydroxylation sites is 1. The molecule has 0 heterocycles. The van der Waals surface area contributed by atoms with Crippen molar-refractivity contribution >= 4 is 41.2 Å². The minimum absolute atomic E-state index is 0.226. The molecule has 8 nitrogen and oxygen atoms in total. The number of hydrogen-bond acceptors (Lipinski definition) is 5. The Kier molecular flexibility index (Phi) is 8.97. The van der Waals surface area contributed by atoms with E-state index in [2.05, 4.69) is 21.2 Å². The van der Waals surface area contributed by atoms with Crippen LogP contribution in [-0.4, -0.2) is 30.5 Å². The molecule has 0 radical (unpaired) electrons. The van der Waals surface area contributed by atoms with Crippen LogP contribution in [0.2, 0.25) is 5.02 Å². The Labute approximate surface area is 208 Å². The van der Waals surface area contributed by atoms with Crippen molar-refractivity contribution < 1.29 is 19.1 Å². The van der Waals surface area contributed by atoms with E-state index in [9.17, 15) is 14.4 Å². The van der Waals surface area contributed by atoms with Gasteiger partial charge in [-0.25, -0.2) is 5.43 Å². The molecule has 0 saturated carbocycles. The summed E-state index contributed by atoms with van der Waals surface area (Å²) in [4.78, 5) is 36.3. The highest BCUT2D eigenvalue weighted by molar-refractivity contribution is 6.35. The average Bonchev–Trinajstić information content (AvgIpc) is 2.85. The van der Waals surface area contributed by atoms with E-state index in [4.69, 9.17) is 16.3 Å². The number of rotatable bonds is 8. The largest absolute Gasteiger partial charge is 0.483 e. The topological polar surface area (TPSA) is 109 Å². The van der Waals surface area contributed by atoms with E-state index < -0.39 is 11.8 Å². The zero-order valence-corrected chi connectivity index (χ0v) is 20.1. The number of hydrogen-bond donors (Lipinski definition) is 3. The van der Waals surface area contributed by atoms with Gasteiger partial charge < -0.3 is 15.4 Å². The van der Waals surface area contributed by atoms with Crippen LogP contribution < -0.4 is 20.8 Å². The summed E-state index contributed by atoms with van der Waals surface area (Å²) in [5, 5.41) is 9.63. The van der Waals surface area contributed by atoms with Crippen LogP contribution in [0, 0.1) is 13.8 Å². The van der Waals surface area contributed by atoms with Gasteiger partial charge in [0.15, 0.2) is 6.61 Å². The molecule has 0 atom stereocenters. The summed E-state index contributed by atoms with van der Waals surface area (Å²) in [7, 11) is 0. The molecule has 0 aliphatic heterocycles. The Bertz CT molecular complexity index is 1240. The number of anilines is 1. The standard InChI is InChI=1S/C26H25ClN4O4/c1-17-7-10-19(11-8-17)14-28-25(33)26(34)31-29-15-20-5-3-4-6-23(20)35-16-24(32)30-22-13-21(27)12-9-18(22)2/h3-13,15H,14,16H2,1-2H3,(H,28,33)(H,30,32)(H,31,34)/b29-15-. The molecular weight excluding hydrogens is 468 g/mol. The minimum atomic E-state index is -0.900. The van der Waals surface area contributed by atoms with E-state index in [-0.39, 0.29) is 19.1 Å². The van der Waals surface area contributed by atoms with E-state index >= 15 is 0 Å². The molecule has 0 bridgehead atoms. The van der Waals surface area contributed by atoms with Gasteiger partial charge in [-0.1, -0.05) is 59.6 Å². The van der Waals surface area contributed by atoms with Gasteiger partial charge in [0.05, 0.1) is 6.21 Å². The number of carbonyl (C=O) groups excluding carboxylic acids is 3. The highest BCUT2D eigenvalue weighted by atomic mass is 35.5. The van der Waals surface area contributed by atoms with Gasteiger partial charge in [0.1, 0.15) is 5.75 Å². The van der Waals surface area contributed by atoms with Gasteiger partial charge in [0, 0.05) is 22.8 Å². The molecular formula is C26H25ClN4O4. The molecule has 0 unspecified atom stereocenters. The van der Waals surface area contributed by atoms with Crippen molar-refractivity contribution in [2.45, 2.75) is 20.4 Å². The van der Waals surface area contributed by atoms with Crippen molar-refractivity contribution in [2.75, 3.05) is 11.9 Å². The number of nitrogens with zero attached hydrogens (tertiary/aromatic N) is 1. The van der Waals surface area contributed by atoms with Gasteiger partial charge in [-0.05, 0) is 49.2 Å². The maximum atomic E-state index is 12.3.